The lowest BCUT2D eigenvalue weighted by atomic mass is 10.1. The fourth-order valence-electron chi connectivity index (χ4n) is 2.72. The minimum atomic E-state index is 0.0676. The van der Waals surface area contributed by atoms with Crippen molar-refractivity contribution in [1.29, 1.82) is 0 Å². The van der Waals surface area contributed by atoms with Crippen LogP contribution in [0.5, 0.6) is 0 Å². The molecule has 2 aliphatic carbocycles. The molecule has 0 saturated heterocycles. The van der Waals surface area contributed by atoms with E-state index in [-0.39, 0.29) is 5.91 Å². The number of anilines is 1. The van der Waals surface area contributed by atoms with Crippen molar-refractivity contribution >= 4 is 11.6 Å². The Kier molecular flexibility index (Phi) is 3.21. The zero-order valence-corrected chi connectivity index (χ0v) is 11.7. The molecule has 1 aromatic carbocycles. The molecular formula is C16H22N2O. The van der Waals surface area contributed by atoms with Gasteiger partial charge in [0.05, 0.1) is 0 Å². The van der Waals surface area contributed by atoms with E-state index in [9.17, 15) is 4.79 Å². The van der Waals surface area contributed by atoms with Gasteiger partial charge in [0.25, 0.3) is 5.91 Å². The molecule has 2 aliphatic rings. The summed E-state index contributed by atoms with van der Waals surface area (Å²) < 4.78 is 0. The Morgan fingerprint density at radius 3 is 2.37 bits per heavy atom. The van der Waals surface area contributed by atoms with E-state index in [0.717, 1.165) is 23.1 Å². The topological polar surface area (TPSA) is 32.3 Å². The molecule has 0 aromatic heterocycles. The number of rotatable bonds is 5. The number of amides is 1. The fourth-order valence-corrected chi connectivity index (χ4v) is 2.72. The van der Waals surface area contributed by atoms with Gasteiger partial charge in [-0.3, -0.25) is 4.79 Å². The fraction of sp³-hybridized carbons (Fsp3) is 0.562. The van der Waals surface area contributed by atoms with Crippen LogP contribution in [0.15, 0.2) is 24.3 Å². The maximum atomic E-state index is 12.0. The Labute approximate surface area is 115 Å². The minimum absolute atomic E-state index is 0.0676. The molecule has 0 radical (unpaired) electrons. The van der Waals surface area contributed by atoms with Crippen molar-refractivity contribution in [2.24, 2.45) is 11.8 Å². The van der Waals surface area contributed by atoms with Crippen LogP contribution in [0.2, 0.25) is 0 Å². The quantitative estimate of drug-likeness (QED) is 0.880. The zero-order chi connectivity index (χ0) is 13.4. The highest BCUT2D eigenvalue weighted by atomic mass is 16.2. The lowest BCUT2D eigenvalue weighted by molar-refractivity contribution is 0.0827. The predicted octanol–water partition coefficient (Wildman–Crippen LogP) is 2.99. The van der Waals surface area contributed by atoms with E-state index in [1.54, 1.807) is 19.0 Å². The average Bonchev–Trinajstić information content (AvgIpc) is 3.28. The smallest absolute Gasteiger partial charge is 0.253 e. The van der Waals surface area contributed by atoms with Gasteiger partial charge >= 0.3 is 0 Å². The van der Waals surface area contributed by atoms with Crippen LogP contribution in [-0.4, -0.2) is 30.9 Å². The molecule has 0 atom stereocenters. The van der Waals surface area contributed by atoms with E-state index in [1.807, 2.05) is 18.2 Å². The van der Waals surface area contributed by atoms with E-state index in [2.05, 4.69) is 11.4 Å². The van der Waals surface area contributed by atoms with E-state index < -0.39 is 0 Å². The molecule has 0 unspecified atom stereocenters. The third-order valence-electron chi connectivity index (χ3n) is 4.11. The SMILES string of the molecule is CN(C)C(=O)c1cccc(NC(C2CC2)C2CC2)c1. The van der Waals surface area contributed by atoms with Gasteiger partial charge in [-0.2, -0.15) is 0 Å². The summed E-state index contributed by atoms with van der Waals surface area (Å²) in [6.45, 7) is 0. The van der Waals surface area contributed by atoms with Gasteiger partial charge in [-0.05, 0) is 55.7 Å². The van der Waals surface area contributed by atoms with Crippen molar-refractivity contribution in [2.75, 3.05) is 19.4 Å². The maximum Gasteiger partial charge on any atom is 0.253 e. The zero-order valence-electron chi connectivity index (χ0n) is 11.7. The Morgan fingerprint density at radius 2 is 1.84 bits per heavy atom. The molecule has 19 heavy (non-hydrogen) atoms. The molecule has 0 heterocycles. The van der Waals surface area contributed by atoms with Gasteiger partial charge in [0, 0.05) is 31.4 Å². The number of benzene rings is 1. The summed E-state index contributed by atoms with van der Waals surface area (Å²) in [5.41, 5.74) is 1.86. The Bertz CT molecular complexity index is 463. The maximum absolute atomic E-state index is 12.0. The predicted molar refractivity (Wildman–Crippen MR) is 77.3 cm³/mol. The van der Waals surface area contributed by atoms with Crippen molar-refractivity contribution in [2.45, 2.75) is 31.7 Å². The van der Waals surface area contributed by atoms with Gasteiger partial charge in [0.1, 0.15) is 0 Å². The highest BCUT2D eigenvalue weighted by molar-refractivity contribution is 5.94. The van der Waals surface area contributed by atoms with Crippen LogP contribution in [0.1, 0.15) is 36.0 Å². The molecule has 102 valence electrons. The van der Waals surface area contributed by atoms with Crippen molar-refractivity contribution in [3.63, 3.8) is 0 Å². The largest absolute Gasteiger partial charge is 0.382 e. The van der Waals surface area contributed by atoms with Gasteiger partial charge in [0.15, 0.2) is 0 Å². The molecule has 0 aliphatic heterocycles. The van der Waals surface area contributed by atoms with E-state index in [4.69, 9.17) is 0 Å². The van der Waals surface area contributed by atoms with Crippen molar-refractivity contribution < 1.29 is 4.79 Å². The number of hydrogen-bond donors (Lipinski definition) is 1. The molecule has 2 saturated carbocycles. The number of nitrogens with zero attached hydrogens (tertiary/aromatic N) is 1. The van der Waals surface area contributed by atoms with Crippen LogP contribution >= 0.6 is 0 Å². The van der Waals surface area contributed by atoms with E-state index >= 15 is 0 Å². The normalized spacial score (nSPS) is 18.5. The summed E-state index contributed by atoms with van der Waals surface area (Å²) in [6.07, 6.45) is 5.46. The van der Waals surface area contributed by atoms with E-state index in [0.29, 0.717) is 6.04 Å². The van der Waals surface area contributed by atoms with Gasteiger partial charge in [-0.25, -0.2) is 0 Å². The molecule has 0 bridgehead atoms. The molecule has 1 amide bonds. The van der Waals surface area contributed by atoms with Crippen molar-refractivity contribution in [3.05, 3.63) is 29.8 Å². The third kappa shape index (κ3) is 2.91. The Balaban J connectivity index is 1.73. The first-order valence-electron chi connectivity index (χ1n) is 7.23. The molecule has 3 nitrogen and oxygen atoms in total. The highest BCUT2D eigenvalue weighted by Crippen LogP contribution is 2.45. The van der Waals surface area contributed by atoms with Crippen molar-refractivity contribution in [1.82, 2.24) is 4.90 Å². The van der Waals surface area contributed by atoms with Crippen LogP contribution in [-0.2, 0) is 0 Å². The molecule has 3 rings (SSSR count). The van der Waals surface area contributed by atoms with Crippen LogP contribution < -0.4 is 5.32 Å². The molecule has 0 spiro atoms. The third-order valence-corrected chi connectivity index (χ3v) is 4.11. The second kappa shape index (κ2) is 4.87. The molecular weight excluding hydrogens is 236 g/mol. The highest BCUT2D eigenvalue weighted by Gasteiger charge is 2.41. The Hall–Kier alpha value is -1.51. The molecule has 1 aromatic rings. The first-order valence-corrected chi connectivity index (χ1v) is 7.23. The number of hydrogen-bond acceptors (Lipinski definition) is 2. The van der Waals surface area contributed by atoms with Crippen LogP contribution in [0.4, 0.5) is 5.69 Å². The first kappa shape index (κ1) is 12.5. The summed E-state index contributed by atoms with van der Waals surface area (Å²) in [4.78, 5) is 13.6. The first-order chi connectivity index (χ1) is 9.15. The number of carbonyl (C=O) groups excluding carboxylic acids is 1. The summed E-state index contributed by atoms with van der Waals surface area (Å²) >= 11 is 0. The van der Waals surface area contributed by atoms with Gasteiger partial charge in [0.2, 0.25) is 0 Å². The van der Waals surface area contributed by atoms with E-state index in [1.165, 1.54) is 25.7 Å². The Morgan fingerprint density at radius 1 is 1.21 bits per heavy atom. The van der Waals surface area contributed by atoms with Crippen molar-refractivity contribution in [3.8, 4) is 0 Å². The minimum Gasteiger partial charge on any atom is -0.382 e. The average molecular weight is 258 g/mol. The summed E-state index contributed by atoms with van der Waals surface area (Å²) in [5.74, 6) is 1.79. The molecule has 3 heteroatoms. The molecule has 1 N–H and O–H groups in total. The second-order valence-corrected chi connectivity index (χ2v) is 6.13. The van der Waals surface area contributed by atoms with Gasteiger partial charge < -0.3 is 10.2 Å². The number of nitrogens with one attached hydrogen (secondary N) is 1. The van der Waals surface area contributed by atoms with Crippen LogP contribution in [0, 0.1) is 11.8 Å². The van der Waals surface area contributed by atoms with Crippen LogP contribution in [0.3, 0.4) is 0 Å². The number of carbonyl (C=O) groups is 1. The molecule has 2 fully saturated rings. The second-order valence-electron chi connectivity index (χ2n) is 6.13. The van der Waals surface area contributed by atoms with Gasteiger partial charge in [-0.15, -0.1) is 0 Å². The summed E-state index contributed by atoms with van der Waals surface area (Å²) in [7, 11) is 3.58. The van der Waals surface area contributed by atoms with Gasteiger partial charge in [-0.1, -0.05) is 6.07 Å². The lowest BCUT2D eigenvalue weighted by Gasteiger charge is -2.20. The monoisotopic (exact) mass is 258 g/mol. The van der Waals surface area contributed by atoms with Crippen LogP contribution in [0.25, 0.3) is 0 Å². The lowest BCUT2D eigenvalue weighted by Crippen LogP contribution is -2.25. The standard InChI is InChI=1S/C16H22N2O/c1-18(2)16(19)13-4-3-5-14(10-13)17-15(11-6-7-11)12-8-9-12/h3-5,10-12,15,17H,6-9H2,1-2H3. The summed E-state index contributed by atoms with van der Waals surface area (Å²) in [6, 6.07) is 8.54. The summed E-state index contributed by atoms with van der Waals surface area (Å²) in [5, 5.41) is 3.67.